The summed E-state index contributed by atoms with van der Waals surface area (Å²) in [5, 5.41) is 10.3. The van der Waals surface area contributed by atoms with Crippen molar-refractivity contribution in [2.75, 3.05) is 19.0 Å². The molecule has 0 saturated carbocycles. The van der Waals surface area contributed by atoms with Crippen molar-refractivity contribution in [3.63, 3.8) is 0 Å². The molecule has 4 heterocycles. The zero-order valence-corrected chi connectivity index (χ0v) is 24.3. The van der Waals surface area contributed by atoms with Gasteiger partial charge in [0.2, 0.25) is 11.8 Å². The Morgan fingerprint density at radius 1 is 0.976 bits per heavy atom. The van der Waals surface area contributed by atoms with E-state index in [0.29, 0.717) is 53.3 Å². The minimum Gasteiger partial charge on any atom is -0.481 e. The lowest BCUT2D eigenvalue weighted by Gasteiger charge is -2.17. The van der Waals surface area contributed by atoms with Crippen molar-refractivity contribution in [1.29, 1.82) is 0 Å². The van der Waals surface area contributed by atoms with E-state index < -0.39 is 0 Å². The van der Waals surface area contributed by atoms with Crippen molar-refractivity contribution in [1.82, 2.24) is 30.6 Å². The van der Waals surface area contributed by atoms with Crippen molar-refractivity contribution in [3.05, 3.63) is 88.8 Å². The number of anilines is 2. The normalized spacial score (nSPS) is 14.7. The molecule has 5 aromatic rings. The van der Waals surface area contributed by atoms with Gasteiger partial charge in [0.05, 0.1) is 23.3 Å². The van der Waals surface area contributed by atoms with E-state index in [-0.39, 0.29) is 11.9 Å². The Bertz CT molecular complexity index is 1810. The predicted molar refractivity (Wildman–Crippen MR) is 165 cm³/mol. The number of nitrogens with zero attached hydrogens (tertiary/aromatic N) is 4. The number of carbonyl (C=O) groups excluding carboxylic acids is 1. The molecular formula is C32H30ClN7O2. The Morgan fingerprint density at radius 3 is 2.60 bits per heavy atom. The molecule has 3 N–H and O–H groups in total. The molecule has 1 fully saturated rings. The second-order valence-electron chi connectivity index (χ2n) is 10.2. The van der Waals surface area contributed by atoms with E-state index in [0.717, 1.165) is 39.0 Å². The van der Waals surface area contributed by atoms with Gasteiger partial charge in [0, 0.05) is 54.1 Å². The van der Waals surface area contributed by atoms with Crippen LogP contribution in [-0.4, -0.2) is 45.5 Å². The lowest BCUT2D eigenvalue weighted by molar-refractivity contribution is -0.119. The number of aromatic nitrogens is 4. The number of carbonyl (C=O) groups is 1. The second kappa shape index (κ2) is 11.7. The molecule has 42 heavy (non-hydrogen) atoms. The summed E-state index contributed by atoms with van der Waals surface area (Å²) in [4.78, 5) is 29.9. The summed E-state index contributed by atoms with van der Waals surface area (Å²) < 4.78 is 5.63. The van der Waals surface area contributed by atoms with E-state index in [4.69, 9.17) is 21.3 Å². The van der Waals surface area contributed by atoms with Crippen LogP contribution in [0.25, 0.3) is 33.4 Å². The third-order valence-corrected chi connectivity index (χ3v) is 7.82. The van der Waals surface area contributed by atoms with Crippen molar-refractivity contribution in [2.45, 2.75) is 32.9 Å². The largest absolute Gasteiger partial charge is 0.481 e. The summed E-state index contributed by atoms with van der Waals surface area (Å²) in [5.41, 5.74) is 7.71. The van der Waals surface area contributed by atoms with Crippen LogP contribution >= 0.6 is 11.6 Å². The van der Waals surface area contributed by atoms with Gasteiger partial charge in [0.25, 0.3) is 0 Å². The molecule has 1 aliphatic heterocycles. The van der Waals surface area contributed by atoms with Crippen LogP contribution in [0.4, 0.5) is 11.5 Å². The Kier molecular flexibility index (Phi) is 7.69. The van der Waals surface area contributed by atoms with Crippen LogP contribution in [0.5, 0.6) is 5.88 Å². The molecular weight excluding hydrogens is 550 g/mol. The quantitative estimate of drug-likeness (QED) is 0.213. The number of fused-ring (bicyclic) bond motifs is 1. The van der Waals surface area contributed by atoms with Crippen LogP contribution in [0.3, 0.4) is 0 Å². The number of halogens is 1. The molecule has 2 aromatic carbocycles. The number of hydrogen-bond donors (Lipinski definition) is 3. The van der Waals surface area contributed by atoms with E-state index in [9.17, 15) is 4.79 Å². The van der Waals surface area contributed by atoms with Gasteiger partial charge in [-0.2, -0.15) is 0 Å². The second-order valence-corrected chi connectivity index (χ2v) is 10.6. The molecule has 1 atom stereocenters. The van der Waals surface area contributed by atoms with Gasteiger partial charge in [0.15, 0.2) is 5.82 Å². The lowest BCUT2D eigenvalue weighted by atomic mass is 9.96. The summed E-state index contributed by atoms with van der Waals surface area (Å²) in [6, 6.07) is 19.8. The van der Waals surface area contributed by atoms with Gasteiger partial charge in [-0.15, -0.1) is 0 Å². The van der Waals surface area contributed by atoms with Gasteiger partial charge in [0.1, 0.15) is 11.3 Å². The Hall–Kier alpha value is -4.60. The first-order valence-electron chi connectivity index (χ1n) is 13.7. The highest BCUT2D eigenvalue weighted by atomic mass is 35.5. The van der Waals surface area contributed by atoms with E-state index in [1.807, 2.05) is 61.5 Å². The maximum Gasteiger partial charge on any atom is 0.221 e. The maximum absolute atomic E-state index is 11.5. The van der Waals surface area contributed by atoms with Crippen molar-refractivity contribution < 1.29 is 9.53 Å². The Labute approximate surface area is 248 Å². The van der Waals surface area contributed by atoms with E-state index in [1.165, 1.54) is 0 Å². The van der Waals surface area contributed by atoms with Gasteiger partial charge in [-0.3, -0.25) is 9.78 Å². The average molecular weight is 580 g/mol. The average Bonchev–Trinajstić information content (AvgIpc) is 3.42. The molecule has 0 unspecified atom stereocenters. The van der Waals surface area contributed by atoms with Crippen LogP contribution in [0, 0.1) is 13.8 Å². The number of aryl methyl sites for hydroxylation is 1. The molecule has 0 bridgehead atoms. The molecule has 9 nitrogen and oxygen atoms in total. The highest BCUT2D eigenvalue weighted by Gasteiger charge is 2.22. The summed E-state index contributed by atoms with van der Waals surface area (Å²) in [7, 11) is 1.61. The van der Waals surface area contributed by atoms with Gasteiger partial charge in [-0.25, -0.2) is 15.0 Å². The molecule has 6 rings (SSSR count). The lowest BCUT2D eigenvalue weighted by Crippen LogP contribution is -2.30. The molecule has 1 amide bonds. The molecule has 0 spiro atoms. The number of hydrogen-bond acceptors (Lipinski definition) is 8. The van der Waals surface area contributed by atoms with Crippen LogP contribution in [0.2, 0.25) is 5.02 Å². The number of methoxy groups -OCH3 is 1. The van der Waals surface area contributed by atoms with Gasteiger partial charge < -0.3 is 20.7 Å². The zero-order valence-electron chi connectivity index (χ0n) is 23.5. The summed E-state index contributed by atoms with van der Waals surface area (Å²) in [6.45, 7) is 5.09. The molecule has 10 heteroatoms. The van der Waals surface area contributed by atoms with Gasteiger partial charge in [-0.05, 0) is 49.2 Å². The number of benzene rings is 2. The topological polar surface area (TPSA) is 114 Å². The molecule has 1 saturated heterocycles. The number of nitrogens with one attached hydrogen (secondary N) is 3. The summed E-state index contributed by atoms with van der Waals surface area (Å²) in [5.74, 6) is 1.90. The molecule has 0 radical (unpaired) electrons. The number of rotatable bonds is 8. The fourth-order valence-electron chi connectivity index (χ4n) is 5.23. The highest BCUT2D eigenvalue weighted by Crippen LogP contribution is 2.40. The van der Waals surface area contributed by atoms with Crippen LogP contribution in [0.15, 0.2) is 66.9 Å². The molecule has 3 aromatic heterocycles. The predicted octanol–water partition coefficient (Wildman–Crippen LogP) is 5.75. The smallest absolute Gasteiger partial charge is 0.221 e. The first-order valence-corrected chi connectivity index (χ1v) is 14.1. The number of amides is 1. The Morgan fingerprint density at radius 2 is 1.79 bits per heavy atom. The number of ether oxygens (including phenoxy) is 1. The molecule has 0 aliphatic carbocycles. The first kappa shape index (κ1) is 27.6. The SMILES string of the molecule is COc1nc(-c2cccc(-c3cccc(Nc4nc(C)nc5cccnc45)c3C)c2Cl)ccc1CN[C@H]1CNC(=O)C1. The number of pyridine rings is 2. The zero-order chi connectivity index (χ0) is 29.2. The minimum atomic E-state index is 0.0636. The monoisotopic (exact) mass is 579 g/mol. The third-order valence-electron chi connectivity index (χ3n) is 7.41. The Balaban J connectivity index is 1.30. The van der Waals surface area contributed by atoms with E-state index in [1.54, 1.807) is 13.3 Å². The minimum absolute atomic E-state index is 0.0636. The van der Waals surface area contributed by atoms with E-state index >= 15 is 0 Å². The molecule has 1 aliphatic rings. The summed E-state index contributed by atoms with van der Waals surface area (Å²) >= 11 is 7.07. The fraction of sp³-hybridized carbons (Fsp3) is 0.219. The molecule has 212 valence electrons. The van der Waals surface area contributed by atoms with Gasteiger partial charge >= 0.3 is 0 Å². The van der Waals surface area contributed by atoms with Crippen molar-refractivity contribution in [3.8, 4) is 28.3 Å². The third kappa shape index (κ3) is 5.48. The van der Waals surface area contributed by atoms with E-state index in [2.05, 4.69) is 43.9 Å². The van der Waals surface area contributed by atoms with Crippen molar-refractivity contribution >= 4 is 40.0 Å². The van der Waals surface area contributed by atoms with Crippen LogP contribution in [0.1, 0.15) is 23.4 Å². The van der Waals surface area contributed by atoms with Crippen molar-refractivity contribution in [2.24, 2.45) is 0 Å². The summed E-state index contributed by atoms with van der Waals surface area (Å²) in [6.07, 6.45) is 2.21. The van der Waals surface area contributed by atoms with Crippen LogP contribution < -0.4 is 20.7 Å². The van der Waals surface area contributed by atoms with Gasteiger partial charge in [-0.1, -0.05) is 48.0 Å². The fourth-order valence-corrected chi connectivity index (χ4v) is 5.56. The first-order chi connectivity index (χ1) is 20.4. The van der Waals surface area contributed by atoms with Crippen LogP contribution in [-0.2, 0) is 11.3 Å². The highest BCUT2D eigenvalue weighted by molar-refractivity contribution is 6.36. The maximum atomic E-state index is 11.5. The standard InChI is InChI=1S/C32H30ClN7O2/c1-18-22(7-5-10-25(18)39-31-30-27(11-6-14-34-30)37-19(2)38-31)23-8-4-9-24(29(23)33)26-13-12-20(32(40-26)42-3)16-35-21-15-28(41)36-17-21/h4-14,21,35H,15-17H2,1-3H3,(H,36,41)(H,37,38,39)/t21-/m1/s1.